The van der Waals surface area contributed by atoms with Crippen molar-refractivity contribution in [1.29, 1.82) is 0 Å². The number of amides is 1. The lowest BCUT2D eigenvalue weighted by Crippen LogP contribution is -2.48. The van der Waals surface area contributed by atoms with Crippen molar-refractivity contribution in [2.24, 2.45) is 11.8 Å². The highest BCUT2D eigenvalue weighted by atomic mass is 16.4. The zero-order valence-electron chi connectivity index (χ0n) is 12.5. The van der Waals surface area contributed by atoms with E-state index in [4.69, 9.17) is 5.11 Å². The van der Waals surface area contributed by atoms with E-state index < -0.39 is 5.97 Å². The Morgan fingerprint density at radius 2 is 1.85 bits per heavy atom. The first kappa shape index (κ1) is 15.3. The van der Waals surface area contributed by atoms with E-state index in [2.05, 4.69) is 12.2 Å². The number of likely N-dealkylation sites (tertiary alicyclic amines) is 1. The van der Waals surface area contributed by atoms with E-state index in [-0.39, 0.29) is 17.9 Å². The molecule has 5 heteroatoms. The lowest BCUT2D eigenvalue weighted by Gasteiger charge is -2.30. The molecule has 2 unspecified atom stereocenters. The Morgan fingerprint density at radius 3 is 2.40 bits per heavy atom. The van der Waals surface area contributed by atoms with Crippen LogP contribution in [-0.2, 0) is 9.59 Å². The van der Waals surface area contributed by atoms with Crippen molar-refractivity contribution < 1.29 is 14.7 Å². The van der Waals surface area contributed by atoms with Crippen LogP contribution in [0, 0.1) is 11.8 Å². The minimum absolute atomic E-state index is 0.0515. The van der Waals surface area contributed by atoms with Crippen LogP contribution in [0.5, 0.6) is 0 Å². The summed E-state index contributed by atoms with van der Waals surface area (Å²) >= 11 is 0. The predicted octanol–water partition coefficient (Wildman–Crippen LogP) is 1.48. The van der Waals surface area contributed by atoms with Crippen LogP contribution in [0.1, 0.15) is 46.0 Å². The third-order valence-electron chi connectivity index (χ3n) is 4.86. The number of carboxylic acids is 1. The van der Waals surface area contributed by atoms with Crippen LogP contribution in [0.2, 0.25) is 0 Å². The van der Waals surface area contributed by atoms with Gasteiger partial charge >= 0.3 is 5.97 Å². The van der Waals surface area contributed by atoms with Gasteiger partial charge < -0.3 is 10.4 Å². The summed E-state index contributed by atoms with van der Waals surface area (Å²) in [6.45, 7) is 5.33. The van der Waals surface area contributed by atoms with Gasteiger partial charge in [0.05, 0.1) is 12.0 Å². The number of hydrogen-bond donors (Lipinski definition) is 2. The molecule has 1 saturated carbocycles. The van der Waals surface area contributed by atoms with Gasteiger partial charge in [-0.15, -0.1) is 0 Å². The highest BCUT2D eigenvalue weighted by molar-refractivity contribution is 5.81. The van der Waals surface area contributed by atoms with E-state index in [0.29, 0.717) is 25.6 Å². The van der Waals surface area contributed by atoms with Gasteiger partial charge in [0.2, 0.25) is 5.91 Å². The van der Waals surface area contributed by atoms with Gasteiger partial charge in [-0.3, -0.25) is 14.5 Å². The molecular weight excluding hydrogens is 256 g/mol. The fourth-order valence-corrected chi connectivity index (χ4v) is 3.23. The van der Waals surface area contributed by atoms with E-state index in [1.165, 1.54) is 12.8 Å². The third kappa shape index (κ3) is 3.72. The molecule has 0 aromatic carbocycles. The number of nitrogens with zero attached hydrogens (tertiary/aromatic N) is 1. The number of carboxylic acid groups (broad SMARTS) is 1. The molecule has 1 aliphatic carbocycles. The Morgan fingerprint density at radius 1 is 1.20 bits per heavy atom. The SMILES string of the molecule is CC1CCC(NC(=O)C(C)N2CCC(C(=O)O)C2)CC1. The highest BCUT2D eigenvalue weighted by Crippen LogP contribution is 2.24. The van der Waals surface area contributed by atoms with Gasteiger partial charge in [0, 0.05) is 12.6 Å². The van der Waals surface area contributed by atoms with Gasteiger partial charge in [0.1, 0.15) is 0 Å². The van der Waals surface area contributed by atoms with Crippen molar-refractivity contribution in [2.75, 3.05) is 13.1 Å². The second kappa shape index (κ2) is 6.57. The number of nitrogens with one attached hydrogen (secondary N) is 1. The molecule has 5 nitrogen and oxygen atoms in total. The van der Waals surface area contributed by atoms with E-state index in [9.17, 15) is 9.59 Å². The van der Waals surface area contributed by atoms with Crippen LogP contribution in [-0.4, -0.2) is 47.1 Å². The molecule has 20 heavy (non-hydrogen) atoms. The van der Waals surface area contributed by atoms with Gasteiger partial charge in [0.15, 0.2) is 0 Å². The van der Waals surface area contributed by atoms with E-state index >= 15 is 0 Å². The summed E-state index contributed by atoms with van der Waals surface area (Å²) in [7, 11) is 0. The first-order valence-corrected chi connectivity index (χ1v) is 7.74. The molecule has 2 rings (SSSR count). The summed E-state index contributed by atoms with van der Waals surface area (Å²) in [4.78, 5) is 25.2. The van der Waals surface area contributed by atoms with Crippen molar-refractivity contribution >= 4 is 11.9 Å². The lowest BCUT2D eigenvalue weighted by atomic mass is 9.87. The minimum atomic E-state index is -0.749. The average Bonchev–Trinajstić information content (AvgIpc) is 2.90. The summed E-state index contributed by atoms with van der Waals surface area (Å²) in [5, 5.41) is 12.1. The first-order chi connectivity index (χ1) is 9.47. The Kier molecular flexibility index (Phi) is 5.02. The fourth-order valence-electron chi connectivity index (χ4n) is 3.23. The summed E-state index contributed by atoms with van der Waals surface area (Å²) < 4.78 is 0. The Balaban J connectivity index is 1.79. The Bertz CT molecular complexity index is 364. The summed E-state index contributed by atoms with van der Waals surface area (Å²) in [5.41, 5.74) is 0. The number of aliphatic carboxylic acids is 1. The predicted molar refractivity (Wildman–Crippen MR) is 76.3 cm³/mol. The molecule has 2 atom stereocenters. The minimum Gasteiger partial charge on any atom is -0.481 e. The molecular formula is C15H26N2O3. The monoisotopic (exact) mass is 282 g/mol. The van der Waals surface area contributed by atoms with Crippen molar-refractivity contribution in [3.05, 3.63) is 0 Å². The normalized spacial score (nSPS) is 32.8. The van der Waals surface area contributed by atoms with Crippen LogP contribution in [0.25, 0.3) is 0 Å². The lowest BCUT2D eigenvalue weighted by molar-refractivity contribution is -0.141. The van der Waals surface area contributed by atoms with Crippen LogP contribution in [0.3, 0.4) is 0 Å². The maximum atomic E-state index is 12.3. The van der Waals surface area contributed by atoms with Gasteiger partial charge in [0.25, 0.3) is 0 Å². The number of rotatable bonds is 4. The number of carbonyl (C=O) groups excluding carboxylic acids is 1. The summed E-state index contributed by atoms with van der Waals surface area (Å²) in [6, 6.07) is 0.0812. The quantitative estimate of drug-likeness (QED) is 0.819. The first-order valence-electron chi connectivity index (χ1n) is 7.74. The highest BCUT2D eigenvalue weighted by Gasteiger charge is 2.33. The molecule has 114 valence electrons. The van der Waals surface area contributed by atoms with Gasteiger partial charge in [-0.1, -0.05) is 6.92 Å². The summed E-state index contributed by atoms with van der Waals surface area (Å²) in [5.74, 6) is -0.242. The molecule has 0 aromatic rings. The smallest absolute Gasteiger partial charge is 0.307 e. The fraction of sp³-hybridized carbons (Fsp3) is 0.867. The zero-order chi connectivity index (χ0) is 14.7. The number of carbonyl (C=O) groups is 2. The molecule has 1 saturated heterocycles. The zero-order valence-corrected chi connectivity index (χ0v) is 12.5. The molecule has 0 bridgehead atoms. The van der Waals surface area contributed by atoms with Crippen LogP contribution in [0.15, 0.2) is 0 Å². The molecule has 1 heterocycles. The molecule has 0 spiro atoms. The van der Waals surface area contributed by atoms with Crippen LogP contribution < -0.4 is 5.32 Å². The Hall–Kier alpha value is -1.10. The second-order valence-corrected chi connectivity index (χ2v) is 6.46. The molecule has 2 fully saturated rings. The maximum absolute atomic E-state index is 12.3. The van der Waals surface area contributed by atoms with E-state index in [1.54, 1.807) is 0 Å². The Labute approximate surface area is 120 Å². The van der Waals surface area contributed by atoms with Gasteiger partial charge in [-0.2, -0.15) is 0 Å². The largest absolute Gasteiger partial charge is 0.481 e. The topological polar surface area (TPSA) is 69.6 Å². The van der Waals surface area contributed by atoms with Crippen molar-refractivity contribution in [2.45, 2.75) is 58.0 Å². The van der Waals surface area contributed by atoms with Gasteiger partial charge in [-0.25, -0.2) is 0 Å². The molecule has 1 amide bonds. The van der Waals surface area contributed by atoms with Gasteiger partial charge in [-0.05, 0) is 51.5 Å². The van der Waals surface area contributed by atoms with Crippen molar-refractivity contribution in [3.8, 4) is 0 Å². The van der Waals surface area contributed by atoms with Crippen molar-refractivity contribution in [1.82, 2.24) is 10.2 Å². The van der Waals surface area contributed by atoms with Crippen LogP contribution in [0.4, 0.5) is 0 Å². The molecule has 2 aliphatic rings. The standard InChI is InChI=1S/C15H26N2O3/c1-10-3-5-13(6-4-10)16-14(18)11(2)17-8-7-12(9-17)15(19)20/h10-13H,3-9H2,1-2H3,(H,16,18)(H,19,20). The number of hydrogen-bond acceptors (Lipinski definition) is 3. The summed E-state index contributed by atoms with van der Waals surface area (Å²) in [6.07, 6.45) is 5.15. The van der Waals surface area contributed by atoms with E-state index in [0.717, 1.165) is 18.8 Å². The molecule has 2 N–H and O–H groups in total. The average molecular weight is 282 g/mol. The third-order valence-corrected chi connectivity index (χ3v) is 4.86. The molecule has 0 aromatic heterocycles. The van der Waals surface area contributed by atoms with Crippen molar-refractivity contribution in [3.63, 3.8) is 0 Å². The molecule has 1 aliphatic heterocycles. The van der Waals surface area contributed by atoms with Crippen LogP contribution >= 0.6 is 0 Å². The second-order valence-electron chi connectivity index (χ2n) is 6.46. The van der Waals surface area contributed by atoms with E-state index in [1.807, 2.05) is 11.8 Å². The maximum Gasteiger partial charge on any atom is 0.307 e. The molecule has 0 radical (unpaired) electrons.